The molecule has 0 saturated heterocycles. The summed E-state index contributed by atoms with van der Waals surface area (Å²) >= 11 is 0. The standard InChI is InChI=1S/C29H24N2O5/c32-27(30-24-14-12-21(13-15-24)20-7-2-1-3-8-20)19-36-29(34)25-17-22-9-4-5-10-23(22)18-31(25)28(33)26-11-6-16-35-26/h1-16,25H,17-19H2,(H,30,32)/t25-/m0/s1. The summed E-state index contributed by atoms with van der Waals surface area (Å²) in [6.07, 6.45) is 1.71. The second-order valence-electron chi connectivity index (χ2n) is 8.50. The molecule has 4 aromatic rings. The number of carbonyl (C=O) groups is 3. The number of nitrogens with one attached hydrogen (secondary N) is 1. The van der Waals surface area contributed by atoms with Gasteiger partial charge in [-0.2, -0.15) is 0 Å². The molecule has 36 heavy (non-hydrogen) atoms. The van der Waals surface area contributed by atoms with Gasteiger partial charge in [-0.15, -0.1) is 0 Å². The Morgan fingerprint density at radius 2 is 1.53 bits per heavy atom. The van der Waals surface area contributed by atoms with Crippen molar-refractivity contribution in [3.05, 3.63) is 114 Å². The fraction of sp³-hybridized carbons (Fsp3) is 0.138. The highest BCUT2D eigenvalue weighted by molar-refractivity contribution is 5.96. The van der Waals surface area contributed by atoms with Crippen LogP contribution in [0.25, 0.3) is 11.1 Å². The van der Waals surface area contributed by atoms with Gasteiger partial charge < -0.3 is 19.4 Å². The second-order valence-corrected chi connectivity index (χ2v) is 8.50. The van der Waals surface area contributed by atoms with Crippen molar-refractivity contribution in [3.63, 3.8) is 0 Å². The summed E-state index contributed by atoms with van der Waals surface area (Å²) in [7, 11) is 0. The van der Waals surface area contributed by atoms with E-state index in [0.29, 0.717) is 12.1 Å². The molecule has 180 valence electrons. The Bertz CT molecular complexity index is 1360. The van der Waals surface area contributed by atoms with E-state index in [1.54, 1.807) is 24.3 Å². The van der Waals surface area contributed by atoms with Crippen molar-refractivity contribution in [2.45, 2.75) is 19.0 Å². The molecule has 1 N–H and O–H groups in total. The van der Waals surface area contributed by atoms with E-state index in [4.69, 9.17) is 9.15 Å². The zero-order valence-corrected chi connectivity index (χ0v) is 19.4. The molecule has 1 aromatic heterocycles. The third kappa shape index (κ3) is 5.05. The zero-order chi connectivity index (χ0) is 24.9. The van der Waals surface area contributed by atoms with Gasteiger partial charge in [-0.05, 0) is 46.5 Å². The molecule has 0 fully saturated rings. The van der Waals surface area contributed by atoms with Gasteiger partial charge in [0.1, 0.15) is 6.04 Å². The Hall–Kier alpha value is -4.65. The number of hydrogen-bond donors (Lipinski definition) is 1. The SMILES string of the molecule is O=C(COC(=O)[C@@H]1Cc2ccccc2CN1C(=O)c1ccco1)Nc1ccc(-c2ccccc2)cc1. The number of esters is 1. The molecular weight excluding hydrogens is 456 g/mol. The van der Waals surface area contributed by atoms with Crippen LogP contribution in [0, 0.1) is 0 Å². The third-order valence-electron chi connectivity index (χ3n) is 6.13. The van der Waals surface area contributed by atoms with Crippen LogP contribution in [-0.2, 0) is 27.3 Å². The molecule has 0 spiro atoms. The lowest BCUT2D eigenvalue weighted by Gasteiger charge is -2.34. The van der Waals surface area contributed by atoms with Crippen LogP contribution >= 0.6 is 0 Å². The summed E-state index contributed by atoms with van der Waals surface area (Å²) in [6.45, 7) is -0.213. The van der Waals surface area contributed by atoms with Gasteiger partial charge in [-0.3, -0.25) is 9.59 Å². The smallest absolute Gasteiger partial charge is 0.329 e. The predicted molar refractivity (Wildman–Crippen MR) is 134 cm³/mol. The second kappa shape index (κ2) is 10.3. The summed E-state index contributed by atoms with van der Waals surface area (Å²) in [5, 5.41) is 2.74. The number of furan rings is 1. The maximum absolute atomic E-state index is 13.0. The number of nitrogens with zero attached hydrogens (tertiary/aromatic N) is 1. The summed E-state index contributed by atoms with van der Waals surface area (Å²) in [5.41, 5.74) is 4.62. The molecule has 2 amide bonds. The van der Waals surface area contributed by atoms with Crippen LogP contribution in [0.1, 0.15) is 21.7 Å². The van der Waals surface area contributed by atoms with Crippen LogP contribution in [0.2, 0.25) is 0 Å². The Kier molecular flexibility index (Phi) is 6.62. The minimum Gasteiger partial charge on any atom is -0.459 e. The Morgan fingerprint density at radius 3 is 2.25 bits per heavy atom. The lowest BCUT2D eigenvalue weighted by Crippen LogP contribution is -2.49. The van der Waals surface area contributed by atoms with E-state index < -0.39 is 30.4 Å². The average Bonchev–Trinajstić information content (AvgIpc) is 3.47. The number of carbonyl (C=O) groups excluding carboxylic acids is 3. The monoisotopic (exact) mass is 480 g/mol. The van der Waals surface area contributed by atoms with Crippen LogP contribution in [0.5, 0.6) is 0 Å². The van der Waals surface area contributed by atoms with Crippen molar-refractivity contribution >= 4 is 23.5 Å². The van der Waals surface area contributed by atoms with Crippen molar-refractivity contribution in [2.24, 2.45) is 0 Å². The molecule has 0 bridgehead atoms. The van der Waals surface area contributed by atoms with Crippen molar-refractivity contribution in [2.75, 3.05) is 11.9 Å². The molecule has 7 heteroatoms. The number of rotatable bonds is 6. The van der Waals surface area contributed by atoms with Crippen LogP contribution in [0.15, 0.2) is 102 Å². The molecule has 0 unspecified atom stereocenters. The van der Waals surface area contributed by atoms with E-state index in [-0.39, 0.29) is 12.3 Å². The largest absolute Gasteiger partial charge is 0.459 e. The Labute approximate surface area is 208 Å². The third-order valence-corrected chi connectivity index (χ3v) is 6.13. The van der Waals surface area contributed by atoms with Gasteiger partial charge in [0.2, 0.25) is 0 Å². The summed E-state index contributed by atoms with van der Waals surface area (Å²) in [5.74, 6) is -1.36. The first-order chi connectivity index (χ1) is 17.6. The van der Waals surface area contributed by atoms with Gasteiger partial charge in [-0.25, -0.2) is 4.79 Å². The van der Waals surface area contributed by atoms with E-state index in [0.717, 1.165) is 22.3 Å². The predicted octanol–water partition coefficient (Wildman–Crippen LogP) is 4.70. The summed E-state index contributed by atoms with van der Waals surface area (Å²) in [6, 6.07) is 27.3. The molecule has 1 aliphatic heterocycles. The number of benzene rings is 3. The van der Waals surface area contributed by atoms with Gasteiger partial charge in [0.15, 0.2) is 12.4 Å². The highest BCUT2D eigenvalue weighted by Gasteiger charge is 2.37. The molecule has 0 saturated carbocycles. The minimum absolute atomic E-state index is 0.142. The quantitative estimate of drug-likeness (QED) is 0.404. The first-order valence-corrected chi connectivity index (χ1v) is 11.6. The fourth-order valence-electron chi connectivity index (χ4n) is 4.30. The van der Waals surface area contributed by atoms with E-state index in [2.05, 4.69) is 5.32 Å². The van der Waals surface area contributed by atoms with Gasteiger partial charge in [0.05, 0.1) is 6.26 Å². The highest BCUT2D eigenvalue weighted by atomic mass is 16.5. The van der Waals surface area contributed by atoms with Crippen LogP contribution in [0.4, 0.5) is 5.69 Å². The molecule has 0 aliphatic carbocycles. The van der Waals surface area contributed by atoms with Crippen LogP contribution in [0.3, 0.4) is 0 Å². The number of ether oxygens (including phenoxy) is 1. The Balaban J connectivity index is 1.23. The summed E-state index contributed by atoms with van der Waals surface area (Å²) < 4.78 is 10.6. The topological polar surface area (TPSA) is 88.9 Å². The van der Waals surface area contributed by atoms with E-state index >= 15 is 0 Å². The van der Waals surface area contributed by atoms with Gasteiger partial charge >= 0.3 is 5.97 Å². The van der Waals surface area contributed by atoms with Crippen LogP contribution in [-0.4, -0.2) is 35.3 Å². The number of hydrogen-bond acceptors (Lipinski definition) is 5. The summed E-state index contributed by atoms with van der Waals surface area (Å²) in [4.78, 5) is 40.0. The van der Waals surface area contributed by atoms with E-state index in [1.807, 2.05) is 66.7 Å². The van der Waals surface area contributed by atoms with Crippen LogP contribution < -0.4 is 5.32 Å². The number of anilines is 1. The maximum atomic E-state index is 13.0. The molecule has 5 rings (SSSR count). The van der Waals surface area contributed by atoms with Crippen molar-refractivity contribution in [1.29, 1.82) is 0 Å². The number of amides is 2. The minimum atomic E-state index is -0.865. The van der Waals surface area contributed by atoms with Crippen molar-refractivity contribution in [1.82, 2.24) is 4.90 Å². The maximum Gasteiger partial charge on any atom is 0.329 e. The van der Waals surface area contributed by atoms with Crippen molar-refractivity contribution in [3.8, 4) is 11.1 Å². The molecule has 1 atom stereocenters. The zero-order valence-electron chi connectivity index (χ0n) is 19.4. The first kappa shape index (κ1) is 23.1. The van der Waals surface area contributed by atoms with Crippen molar-refractivity contribution < 1.29 is 23.5 Å². The molecule has 7 nitrogen and oxygen atoms in total. The highest BCUT2D eigenvalue weighted by Crippen LogP contribution is 2.26. The van der Waals surface area contributed by atoms with E-state index in [1.165, 1.54) is 11.2 Å². The Morgan fingerprint density at radius 1 is 0.833 bits per heavy atom. The average molecular weight is 481 g/mol. The normalized spacial score (nSPS) is 14.6. The lowest BCUT2D eigenvalue weighted by atomic mass is 9.93. The van der Waals surface area contributed by atoms with Gasteiger partial charge in [0.25, 0.3) is 11.8 Å². The van der Waals surface area contributed by atoms with E-state index in [9.17, 15) is 14.4 Å². The van der Waals surface area contributed by atoms with Gasteiger partial charge in [0, 0.05) is 18.7 Å². The molecule has 1 aliphatic rings. The van der Waals surface area contributed by atoms with Gasteiger partial charge in [-0.1, -0.05) is 66.7 Å². The fourth-order valence-corrected chi connectivity index (χ4v) is 4.30. The molecular formula is C29H24N2O5. The number of fused-ring (bicyclic) bond motifs is 1. The lowest BCUT2D eigenvalue weighted by molar-refractivity contribution is -0.152. The first-order valence-electron chi connectivity index (χ1n) is 11.6. The molecule has 3 aromatic carbocycles. The molecule has 2 heterocycles. The molecule has 0 radical (unpaired) electrons.